The molecule has 2 nitrogen and oxygen atoms in total. The summed E-state index contributed by atoms with van der Waals surface area (Å²) < 4.78 is 2.41. The van der Waals surface area contributed by atoms with Gasteiger partial charge in [0.2, 0.25) is 0 Å². The second kappa shape index (κ2) is 3.89. The van der Waals surface area contributed by atoms with Gasteiger partial charge < -0.3 is 9.88 Å². The smallest absolute Gasteiger partial charge is 0.0749 e. The van der Waals surface area contributed by atoms with Gasteiger partial charge in [-0.15, -0.1) is 0 Å². The molecular weight excluding hydrogens is 244 g/mol. The number of aromatic nitrogens is 1. The van der Waals surface area contributed by atoms with E-state index in [1.54, 1.807) is 0 Å². The molecule has 4 rings (SSSR count). The fourth-order valence-electron chi connectivity index (χ4n) is 3.23. The molecule has 0 saturated carbocycles. The van der Waals surface area contributed by atoms with Gasteiger partial charge in [-0.1, -0.05) is 37.3 Å². The summed E-state index contributed by atoms with van der Waals surface area (Å²) in [5, 5.41) is 5.03. The Morgan fingerprint density at radius 1 is 1.05 bits per heavy atom. The molecule has 1 aromatic heterocycles. The van der Waals surface area contributed by atoms with E-state index in [9.17, 15) is 0 Å². The molecule has 0 amide bonds. The van der Waals surface area contributed by atoms with Crippen LogP contribution in [0.1, 0.15) is 26.0 Å². The largest absolute Gasteiger partial charge is 0.373 e. The Labute approximate surface area is 119 Å². The highest BCUT2D eigenvalue weighted by Crippen LogP contribution is 2.42. The van der Waals surface area contributed by atoms with Crippen LogP contribution in [0, 0.1) is 0 Å². The molecule has 2 heteroatoms. The first-order chi connectivity index (χ1) is 9.73. The van der Waals surface area contributed by atoms with Crippen LogP contribution in [0.4, 0.5) is 5.69 Å². The predicted octanol–water partition coefficient (Wildman–Crippen LogP) is 4.68. The topological polar surface area (TPSA) is 17.0 Å². The molecule has 20 heavy (non-hydrogen) atoms. The van der Waals surface area contributed by atoms with Crippen molar-refractivity contribution in [1.29, 1.82) is 0 Å². The second-order valence-corrected chi connectivity index (χ2v) is 5.75. The van der Waals surface area contributed by atoms with Gasteiger partial charge in [0.15, 0.2) is 0 Å². The number of benzene rings is 2. The molecule has 100 valence electrons. The van der Waals surface area contributed by atoms with E-state index in [2.05, 4.69) is 78.3 Å². The number of nitrogens with one attached hydrogen (secondary N) is 1. The van der Waals surface area contributed by atoms with Gasteiger partial charge in [0.25, 0.3) is 0 Å². The third-order valence-corrected chi connectivity index (χ3v) is 4.54. The van der Waals surface area contributed by atoms with Crippen molar-refractivity contribution in [3.8, 4) is 5.69 Å². The first kappa shape index (κ1) is 11.6. The van der Waals surface area contributed by atoms with Crippen LogP contribution in [0.15, 0.2) is 54.6 Å². The molecule has 0 radical (unpaired) electrons. The molecule has 2 heterocycles. The third-order valence-electron chi connectivity index (χ3n) is 4.54. The molecule has 1 aliphatic heterocycles. The summed E-state index contributed by atoms with van der Waals surface area (Å²) in [5.74, 6) is 0. The van der Waals surface area contributed by atoms with Gasteiger partial charge in [-0.25, -0.2) is 0 Å². The number of hydrogen-bond donors (Lipinski definition) is 1. The first-order valence-electron chi connectivity index (χ1n) is 7.21. The van der Waals surface area contributed by atoms with Gasteiger partial charge >= 0.3 is 0 Å². The lowest BCUT2D eigenvalue weighted by molar-refractivity contribution is 0.490. The van der Waals surface area contributed by atoms with Gasteiger partial charge in [-0.05, 0) is 37.6 Å². The Kier molecular flexibility index (Phi) is 2.25. The van der Waals surface area contributed by atoms with Crippen LogP contribution in [0.2, 0.25) is 0 Å². The minimum absolute atomic E-state index is 0.0205. The number of hydrogen-bond acceptors (Lipinski definition) is 1. The first-order valence-corrected chi connectivity index (χ1v) is 7.21. The quantitative estimate of drug-likeness (QED) is 0.673. The van der Waals surface area contributed by atoms with E-state index in [1.807, 2.05) is 0 Å². The molecule has 2 aromatic carbocycles. The lowest BCUT2D eigenvalue weighted by atomic mass is 9.91. The number of nitrogens with zero attached hydrogens (tertiary/aromatic N) is 1. The molecule has 1 aliphatic rings. The molecule has 1 unspecified atom stereocenters. The Hall–Kier alpha value is -2.22. The van der Waals surface area contributed by atoms with Crippen molar-refractivity contribution in [3.63, 3.8) is 0 Å². The Morgan fingerprint density at radius 2 is 1.80 bits per heavy atom. The highest BCUT2D eigenvalue weighted by Gasteiger charge is 2.34. The maximum absolute atomic E-state index is 3.72. The van der Waals surface area contributed by atoms with Crippen molar-refractivity contribution < 1.29 is 0 Å². The van der Waals surface area contributed by atoms with Crippen molar-refractivity contribution in [2.75, 3.05) is 5.32 Å². The molecule has 0 fully saturated rings. The SMILES string of the molecule is CCC1(C)Nc2ccccc2-n2c1cc1ccccc12. The zero-order valence-electron chi connectivity index (χ0n) is 11.9. The molecule has 0 spiro atoms. The highest BCUT2D eigenvalue weighted by molar-refractivity contribution is 5.86. The Bertz CT molecular complexity index is 800. The molecule has 0 bridgehead atoms. The van der Waals surface area contributed by atoms with E-state index in [-0.39, 0.29) is 5.54 Å². The van der Waals surface area contributed by atoms with Crippen LogP contribution in [-0.4, -0.2) is 4.57 Å². The van der Waals surface area contributed by atoms with Crippen LogP contribution >= 0.6 is 0 Å². The van der Waals surface area contributed by atoms with Crippen molar-refractivity contribution in [2.45, 2.75) is 25.8 Å². The van der Waals surface area contributed by atoms with Crippen molar-refractivity contribution >= 4 is 16.6 Å². The van der Waals surface area contributed by atoms with Crippen LogP contribution in [0.5, 0.6) is 0 Å². The predicted molar refractivity (Wildman–Crippen MR) is 84.5 cm³/mol. The summed E-state index contributed by atoms with van der Waals surface area (Å²) >= 11 is 0. The minimum Gasteiger partial charge on any atom is -0.373 e. The fraction of sp³-hybridized carbons (Fsp3) is 0.222. The lowest BCUT2D eigenvalue weighted by Gasteiger charge is -2.38. The number of fused-ring (bicyclic) bond motifs is 5. The molecule has 0 saturated heterocycles. The maximum atomic E-state index is 3.72. The summed E-state index contributed by atoms with van der Waals surface area (Å²) in [5.41, 5.74) is 5.07. The number of rotatable bonds is 1. The van der Waals surface area contributed by atoms with Crippen LogP contribution in [-0.2, 0) is 5.54 Å². The number of anilines is 1. The zero-order valence-corrected chi connectivity index (χ0v) is 11.9. The zero-order chi connectivity index (χ0) is 13.7. The standard InChI is InChI=1S/C18H18N2/c1-3-18(2)17-12-13-8-4-6-10-15(13)20(17)16-11-7-5-9-14(16)19-18/h4-12,19H,3H2,1-2H3. The normalized spacial score (nSPS) is 20.3. The molecule has 1 atom stereocenters. The van der Waals surface area contributed by atoms with Gasteiger partial charge in [-0.2, -0.15) is 0 Å². The van der Waals surface area contributed by atoms with Crippen LogP contribution in [0.3, 0.4) is 0 Å². The average molecular weight is 262 g/mol. The van der Waals surface area contributed by atoms with Gasteiger partial charge in [0.05, 0.1) is 22.4 Å². The number of para-hydroxylation sites is 3. The van der Waals surface area contributed by atoms with Gasteiger partial charge in [0, 0.05) is 11.1 Å². The second-order valence-electron chi connectivity index (χ2n) is 5.75. The highest BCUT2D eigenvalue weighted by atomic mass is 15.1. The maximum Gasteiger partial charge on any atom is 0.0749 e. The summed E-state index contributed by atoms with van der Waals surface area (Å²) in [6.07, 6.45) is 1.05. The van der Waals surface area contributed by atoms with E-state index >= 15 is 0 Å². The van der Waals surface area contributed by atoms with E-state index in [4.69, 9.17) is 0 Å². The summed E-state index contributed by atoms with van der Waals surface area (Å²) in [6.45, 7) is 4.52. The summed E-state index contributed by atoms with van der Waals surface area (Å²) in [6, 6.07) is 19.5. The van der Waals surface area contributed by atoms with E-state index in [1.165, 1.54) is 28.0 Å². The lowest BCUT2D eigenvalue weighted by Crippen LogP contribution is -2.37. The molecule has 1 N–H and O–H groups in total. The van der Waals surface area contributed by atoms with Gasteiger partial charge in [-0.3, -0.25) is 0 Å². The monoisotopic (exact) mass is 262 g/mol. The Balaban J connectivity index is 2.15. The third kappa shape index (κ3) is 1.39. The minimum atomic E-state index is -0.0205. The van der Waals surface area contributed by atoms with Crippen LogP contribution in [0.25, 0.3) is 16.6 Å². The fourth-order valence-corrected chi connectivity index (χ4v) is 3.23. The van der Waals surface area contributed by atoms with Crippen molar-refractivity contribution in [3.05, 3.63) is 60.3 Å². The summed E-state index contributed by atoms with van der Waals surface area (Å²) in [4.78, 5) is 0. The van der Waals surface area contributed by atoms with Crippen molar-refractivity contribution in [1.82, 2.24) is 4.57 Å². The summed E-state index contributed by atoms with van der Waals surface area (Å²) in [7, 11) is 0. The molecule has 0 aliphatic carbocycles. The van der Waals surface area contributed by atoms with E-state index in [0.717, 1.165) is 6.42 Å². The molecular formula is C18H18N2. The van der Waals surface area contributed by atoms with E-state index in [0.29, 0.717) is 0 Å². The Morgan fingerprint density at radius 3 is 2.65 bits per heavy atom. The molecule has 3 aromatic rings. The van der Waals surface area contributed by atoms with Gasteiger partial charge in [0.1, 0.15) is 0 Å². The average Bonchev–Trinajstić information content (AvgIpc) is 2.88. The van der Waals surface area contributed by atoms with Crippen LogP contribution < -0.4 is 5.32 Å². The van der Waals surface area contributed by atoms with Crippen molar-refractivity contribution in [2.24, 2.45) is 0 Å². The van der Waals surface area contributed by atoms with E-state index < -0.39 is 0 Å².